The number of halogens is 1. The lowest BCUT2D eigenvalue weighted by atomic mass is 10.1. The van der Waals surface area contributed by atoms with Gasteiger partial charge < -0.3 is 0 Å². The Balaban J connectivity index is 2.03. The highest BCUT2D eigenvalue weighted by atomic mass is 19.1. The molecule has 4 heteroatoms. The van der Waals surface area contributed by atoms with Crippen molar-refractivity contribution in [2.75, 3.05) is 6.54 Å². The summed E-state index contributed by atoms with van der Waals surface area (Å²) in [7, 11) is 0. The van der Waals surface area contributed by atoms with Crippen LogP contribution >= 0.6 is 0 Å². The van der Waals surface area contributed by atoms with E-state index < -0.39 is 0 Å². The maximum atomic E-state index is 13.3. The van der Waals surface area contributed by atoms with Gasteiger partial charge in [0.2, 0.25) is 0 Å². The third kappa shape index (κ3) is 2.25. The van der Waals surface area contributed by atoms with E-state index in [1.807, 2.05) is 0 Å². The number of carbonyl (C=O) groups excluding carboxylic acids is 2. The van der Waals surface area contributed by atoms with Gasteiger partial charge in [-0.3, -0.25) is 14.5 Å². The smallest absolute Gasteiger partial charge is 0.256 e. The maximum Gasteiger partial charge on any atom is 0.256 e. The molecule has 0 fully saturated rings. The van der Waals surface area contributed by atoms with Crippen LogP contribution in [0.15, 0.2) is 35.9 Å². The van der Waals surface area contributed by atoms with Gasteiger partial charge in [-0.25, -0.2) is 4.39 Å². The van der Waals surface area contributed by atoms with E-state index >= 15 is 0 Å². The van der Waals surface area contributed by atoms with Gasteiger partial charge >= 0.3 is 0 Å². The topological polar surface area (TPSA) is 37.4 Å². The highest BCUT2D eigenvalue weighted by Crippen LogP contribution is 2.14. The molecule has 0 radical (unpaired) electrons. The third-order valence-corrected chi connectivity index (χ3v) is 2.75. The largest absolute Gasteiger partial charge is 0.275 e. The van der Waals surface area contributed by atoms with Gasteiger partial charge in [0.05, 0.1) is 0 Å². The monoisotopic (exact) mass is 233 g/mol. The molecule has 0 aromatic heterocycles. The molecular formula is C13H12FNO2. The fraction of sp³-hybridized carbons (Fsp3) is 0.231. The van der Waals surface area contributed by atoms with Gasteiger partial charge in [0.1, 0.15) is 5.82 Å². The van der Waals surface area contributed by atoms with Crippen LogP contribution in [0.3, 0.4) is 0 Å². The van der Waals surface area contributed by atoms with Crippen LogP contribution in [0.4, 0.5) is 4.39 Å². The van der Waals surface area contributed by atoms with Crippen molar-refractivity contribution in [3.8, 4) is 0 Å². The number of rotatable bonds is 3. The minimum Gasteiger partial charge on any atom is -0.275 e. The van der Waals surface area contributed by atoms with Crippen LogP contribution in [0.5, 0.6) is 0 Å². The van der Waals surface area contributed by atoms with Crippen molar-refractivity contribution in [2.24, 2.45) is 0 Å². The van der Waals surface area contributed by atoms with E-state index in [0.29, 0.717) is 17.6 Å². The Bertz CT molecular complexity index is 508. The summed E-state index contributed by atoms with van der Waals surface area (Å²) in [5.74, 6) is -0.911. The fourth-order valence-corrected chi connectivity index (χ4v) is 1.78. The predicted octanol–water partition coefficient (Wildman–Crippen LogP) is 1.68. The first kappa shape index (κ1) is 11.5. The lowest BCUT2D eigenvalue weighted by Crippen LogP contribution is -2.32. The number of carbonyl (C=O) groups is 2. The van der Waals surface area contributed by atoms with Crippen LogP contribution in [0.1, 0.15) is 12.5 Å². The van der Waals surface area contributed by atoms with Gasteiger partial charge in [-0.15, -0.1) is 0 Å². The highest BCUT2D eigenvalue weighted by Gasteiger charge is 2.27. The van der Waals surface area contributed by atoms with Gasteiger partial charge in [-0.2, -0.15) is 0 Å². The number of hydrogen-bond donors (Lipinski definition) is 0. The van der Waals surface area contributed by atoms with Gasteiger partial charge in [-0.1, -0.05) is 18.2 Å². The quantitative estimate of drug-likeness (QED) is 0.745. The Kier molecular flexibility index (Phi) is 3.04. The number of hydrogen-bond acceptors (Lipinski definition) is 2. The molecule has 1 aromatic rings. The normalized spacial score (nSPS) is 15.4. The summed E-state index contributed by atoms with van der Waals surface area (Å²) in [6, 6.07) is 6.36. The summed E-state index contributed by atoms with van der Waals surface area (Å²) < 4.78 is 13.3. The first-order chi connectivity index (χ1) is 8.09. The van der Waals surface area contributed by atoms with Crippen LogP contribution < -0.4 is 0 Å². The van der Waals surface area contributed by atoms with Crippen LogP contribution in [-0.4, -0.2) is 23.3 Å². The number of imide groups is 1. The first-order valence-electron chi connectivity index (χ1n) is 5.37. The second-order valence-corrected chi connectivity index (χ2v) is 3.96. The maximum absolute atomic E-state index is 13.3. The molecule has 0 N–H and O–H groups in total. The lowest BCUT2D eigenvalue weighted by Gasteiger charge is -2.14. The summed E-state index contributed by atoms with van der Waals surface area (Å²) in [5, 5.41) is 0. The van der Waals surface area contributed by atoms with Crippen molar-refractivity contribution in [1.82, 2.24) is 4.90 Å². The fourth-order valence-electron chi connectivity index (χ4n) is 1.78. The van der Waals surface area contributed by atoms with E-state index in [-0.39, 0.29) is 24.2 Å². The van der Waals surface area contributed by atoms with E-state index in [1.165, 1.54) is 12.1 Å². The van der Waals surface area contributed by atoms with Gasteiger partial charge in [0.25, 0.3) is 11.8 Å². The molecule has 17 heavy (non-hydrogen) atoms. The van der Waals surface area contributed by atoms with Crippen molar-refractivity contribution < 1.29 is 14.0 Å². The molecule has 1 heterocycles. The zero-order valence-corrected chi connectivity index (χ0v) is 9.44. The SMILES string of the molecule is CC1=CC(=O)N(CCc2ccccc2F)C1=O. The molecule has 1 aliphatic rings. The first-order valence-corrected chi connectivity index (χ1v) is 5.37. The number of nitrogens with zero attached hydrogens (tertiary/aromatic N) is 1. The van der Waals surface area contributed by atoms with Crippen molar-refractivity contribution in [3.63, 3.8) is 0 Å². The van der Waals surface area contributed by atoms with Crippen molar-refractivity contribution in [2.45, 2.75) is 13.3 Å². The highest BCUT2D eigenvalue weighted by molar-refractivity contribution is 6.15. The average molecular weight is 233 g/mol. The standard InChI is InChI=1S/C13H12FNO2/c1-9-8-12(16)15(13(9)17)7-6-10-4-2-3-5-11(10)14/h2-5,8H,6-7H2,1H3. The molecule has 3 nitrogen and oxygen atoms in total. The molecule has 0 unspecified atom stereocenters. The van der Waals surface area contributed by atoms with Crippen molar-refractivity contribution in [1.29, 1.82) is 0 Å². The van der Waals surface area contributed by atoms with Crippen LogP contribution in [-0.2, 0) is 16.0 Å². The molecule has 88 valence electrons. The van der Waals surface area contributed by atoms with Crippen molar-refractivity contribution >= 4 is 11.8 Å². The number of amides is 2. The molecule has 1 aromatic carbocycles. The Hall–Kier alpha value is -1.97. The Morgan fingerprint density at radius 3 is 2.53 bits per heavy atom. The van der Waals surface area contributed by atoms with Crippen molar-refractivity contribution in [3.05, 3.63) is 47.3 Å². The van der Waals surface area contributed by atoms with E-state index in [9.17, 15) is 14.0 Å². The zero-order chi connectivity index (χ0) is 12.4. The minimum absolute atomic E-state index is 0.215. The van der Waals surface area contributed by atoms with Crippen LogP contribution in [0.25, 0.3) is 0 Å². The molecule has 0 saturated heterocycles. The second kappa shape index (κ2) is 4.49. The summed E-state index contributed by atoms with van der Waals surface area (Å²) in [6.45, 7) is 1.82. The van der Waals surface area contributed by atoms with E-state index in [0.717, 1.165) is 4.90 Å². The van der Waals surface area contributed by atoms with Crippen LogP contribution in [0, 0.1) is 5.82 Å². The Morgan fingerprint density at radius 1 is 1.24 bits per heavy atom. The summed E-state index contributed by atoms with van der Waals surface area (Å²) in [5.41, 5.74) is 0.946. The van der Waals surface area contributed by atoms with E-state index in [2.05, 4.69) is 0 Å². The number of benzene rings is 1. The molecule has 2 amide bonds. The summed E-state index contributed by atoms with van der Waals surface area (Å²) in [4.78, 5) is 24.1. The van der Waals surface area contributed by atoms with Gasteiger partial charge in [-0.05, 0) is 25.0 Å². The van der Waals surface area contributed by atoms with Gasteiger partial charge in [0.15, 0.2) is 0 Å². The molecule has 0 saturated carbocycles. The average Bonchev–Trinajstić information content (AvgIpc) is 2.53. The Labute approximate surface area is 98.5 Å². The molecule has 0 spiro atoms. The zero-order valence-electron chi connectivity index (χ0n) is 9.44. The third-order valence-electron chi connectivity index (χ3n) is 2.75. The summed E-state index contributed by atoms with van der Waals surface area (Å²) >= 11 is 0. The Morgan fingerprint density at radius 2 is 1.94 bits per heavy atom. The molecule has 0 bridgehead atoms. The van der Waals surface area contributed by atoms with E-state index in [1.54, 1.807) is 25.1 Å². The van der Waals surface area contributed by atoms with Gasteiger partial charge in [0, 0.05) is 18.2 Å². The molecule has 2 rings (SSSR count). The molecule has 0 atom stereocenters. The molecule has 1 aliphatic heterocycles. The molecule has 0 aliphatic carbocycles. The predicted molar refractivity (Wildman–Crippen MR) is 60.6 cm³/mol. The summed E-state index contributed by atoms with van der Waals surface area (Å²) in [6.07, 6.45) is 1.65. The van der Waals surface area contributed by atoms with Crippen LogP contribution in [0.2, 0.25) is 0 Å². The second-order valence-electron chi connectivity index (χ2n) is 3.96. The lowest BCUT2D eigenvalue weighted by molar-refractivity contribution is -0.137. The minimum atomic E-state index is -0.316. The molecular weight excluding hydrogens is 221 g/mol. The van der Waals surface area contributed by atoms with E-state index in [4.69, 9.17) is 0 Å².